The van der Waals surface area contributed by atoms with Gasteiger partial charge in [0.15, 0.2) is 0 Å². The van der Waals surface area contributed by atoms with Crippen molar-refractivity contribution in [3.05, 3.63) is 35.7 Å². The lowest BCUT2D eigenvalue weighted by molar-refractivity contribution is -0.131. The summed E-state index contributed by atoms with van der Waals surface area (Å²) < 4.78 is 0. The summed E-state index contributed by atoms with van der Waals surface area (Å²) in [5.74, 6) is -0.660. The third-order valence-corrected chi connectivity index (χ3v) is 2.88. The fourth-order valence-electron chi connectivity index (χ4n) is 1.65. The van der Waals surface area contributed by atoms with E-state index < -0.39 is 5.97 Å². The molecule has 0 fully saturated rings. The first-order chi connectivity index (χ1) is 9.41. The minimum absolute atomic E-state index is 0.127. The molecular formula is C15H20N2O3. The van der Waals surface area contributed by atoms with Crippen molar-refractivity contribution in [2.45, 2.75) is 20.3 Å². The summed E-state index contributed by atoms with van der Waals surface area (Å²) in [6.45, 7) is 4.87. The normalized spacial score (nSPS) is 11.0. The molecule has 0 radical (unpaired) electrons. The zero-order chi connectivity index (χ0) is 15.1. The monoisotopic (exact) mass is 276 g/mol. The number of carboxylic acid groups (broad SMARTS) is 1. The molecule has 0 aromatic carbocycles. The average molecular weight is 276 g/mol. The number of hydrogen-bond donors (Lipinski definition) is 1. The highest BCUT2D eigenvalue weighted by molar-refractivity contribution is 5.98. The summed E-state index contributed by atoms with van der Waals surface area (Å²) in [5, 5.41) is 8.66. The van der Waals surface area contributed by atoms with E-state index in [1.54, 1.807) is 18.0 Å². The van der Waals surface area contributed by atoms with Gasteiger partial charge < -0.3 is 10.0 Å². The van der Waals surface area contributed by atoms with E-state index in [1.807, 2.05) is 0 Å². The van der Waals surface area contributed by atoms with Crippen LogP contribution in [0, 0.1) is 5.92 Å². The number of nitrogens with zero attached hydrogens (tertiary/aromatic N) is 2. The maximum absolute atomic E-state index is 12.3. The van der Waals surface area contributed by atoms with E-state index in [2.05, 4.69) is 18.8 Å². The second kappa shape index (κ2) is 7.43. The van der Waals surface area contributed by atoms with Crippen LogP contribution in [0.5, 0.6) is 0 Å². The third kappa shape index (κ3) is 4.84. The topological polar surface area (TPSA) is 70.5 Å². The molecule has 0 saturated carbocycles. The van der Waals surface area contributed by atoms with Gasteiger partial charge in [0.05, 0.1) is 0 Å². The van der Waals surface area contributed by atoms with Crippen molar-refractivity contribution in [3.8, 4) is 0 Å². The molecule has 0 saturated heterocycles. The second-order valence-corrected chi connectivity index (χ2v) is 5.04. The predicted molar refractivity (Wildman–Crippen MR) is 77.3 cm³/mol. The Bertz CT molecular complexity index is 510. The molecule has 0 bridgehead atoms. The van der Waals surface area contributed by atoms with Gasteiger partial charge in [-0.1, -0.05) is 13.8 Å². The number of aliphatic carboxylic acids is 1. The van der Waals surface area contributed by atoms with E-state index in [0.29, 0.717) is 23.6 Å². The van der Waals surface area contributed by atoms with E-state index in [-0.39, 0.29) is 5.91 Å². The Morgan fingerprint density at radius 2 is 2.15 bits per heavy atom. The molecule has 20 heavy (non-hydrogen) atoms. The average Bonchev–Trinajstić information content (AvgIpc) is 2.41. The number of carbonyl (C=O) groups is 2. The van der Waals surface area contributed by atoms with Gasteiger partial charge in [0, 0.05) is 43.2 Å². The highest BCUT2D eigenvalue weighted by Gasteiger charge is 2.14. The van der Waals surface area contributed by atoms with Crippen LogP contribution in [0.4, 0.5) is 0 Å². The Balaban J connectivity index is 2.89. The van der Waals surface area contributed by atoms with Crippen molar-refractivity contribution >= 4 is 18.0 Å². The van der Waals surface area contributed by atoms with E-state index in [4.69, 9.17) is 5.11 Å². The molecule has 1 aromatic rings. The van der Waals surface area contributed by atoms with Crippen LogP contribution in [-0.4, -0.2) is 40.5 Å². The van der Waals surface area contributed by atoms with Gasteiger partial charge in [-0.25, -0.2) is 4.79 Å². The summed E-state index contributed by atoms with van der Waals surface area (Å²) in [5.41, 5.74) is 0.972. The fourth-order valence-corrected chi connectivity index (χ4v) is 1.65. The van der Waals surface area contributed by atoms with Gasteiger partial charge in [-0.05, 0) is 24.5 Å². The Labute approximate surface area is 118 Å². The van der Waals surface area contributed by atoms with Crippen molar-refractivity contribution < 1.29 is 14.7 Å². The van der Waals surface area contributed by atoms with Gasteiger partial charge in [0.25, 0.3) is 5.91 Å². The highest BCUT2D eigenvalue weighted by Crippen LogP contribution is 2.12. The summed E-state index contributed by atoms with van der Waals surface area (Å²) >= 11 is 0. The van der Waals surface area contributed by atoms with Crippen molar-refractivity contribution in [2.24, 2.45) is 5.92 Å². The van der Waals surface area contributed by atoms with Crippen molar-refractivity contribution in [1.29, 1.82) is 0 Å². The molecule has 5 nitrogen and oxygen atoms in total. The molecule has 0 aliphatic carbocycles. The van der Waals surface area contributed by atoms with Crippen LogP contribution in [0.3, 0.4) is 0 Å². The zero-order valence-electron chi connectivity index (χ0n) is 12.0. The number of amides is 1. The molecule has 0 unspecified atom stereocenters. The number of hydrogen-bond acceptors (Lipinski definition) is 3. The molecule has 1 heterocycles. The first kappa shape index (κ1) is 15.9. The first-order valence-electron chi connectivity index (χ1n) is 6.52. The highest BCUT2D eigenvalue weighted by atomic mass is 16.4. The predicted octanol–water partition coefficient (Wildman–Crippen LogP) is 2.30. The number of pyridine rings is 1. The molecule has 1 amide bonds. The standard InChI is InChI=1S/C15H20N2O3/c1-11(2)7-9-17(3)15(20)13-6-8-16-10-12(13)4-5-14(18)19/h4-6,8,10-11H,7,9H2,1-3H3,(H,18,19). The number of carboxylic acids is 1. The number of carbonyl (C=O) groups excluding carboxylic acids is 1. The van der Waals surface area contributed by atoms with Crippen LogP contribution in [0.25, 0.3) is 6.08 Å². The van der Waals surface area contributed by atoms with E-state index in [9.17, 15) is 9.59 Å². The minimum atomic E-state index is -1.06. The lowest BCUT2D eigenvalue weighted by atomic mass is 10.1. The van der Waals surface area contributed by atoms with Crippen LogP contribution in [0.2, 0.25) is 0 Å². The molecule has 0 aliphatic rings. The summed E-state index contributed by atoms with van der Waals surface area (Å²) in [4.78, 5) is 28.5. The van der Waals surface area contributed by atoms with Gasteiger partial charge in [-0.2, -0.15) is 0 Å². The zero-order valence-corrected chi connectivity index (χ0v) is 12.0. The van der Waals surface area contributed by atoms with E-state index >= 15 is 0 Å². The Kier molecular flexibility index (Phi) is 5.90. The molecule has 1 rings (SSSR count). The molecule has 1 N–H and O–H groups in total. The summed E-state index contributed by atoms with van der Waals surface area (Å²) in [6.07, 6.45) is 6.33. The molecule has 0 aliphatic heterocycles. The summed E-state index contributed by atoms with van der Waals surface area (Å²) in [6, 6.07) is 1.61. The maximum atomic E-state index is 12.3. The van der Waals surface area contributed by atoms with E-state index in [0.717, 1.165) is 12.5 Å². The van der Waals surface area contributed by atoms with Crippen LogP contribution in [0.1, 0.15) is 36.2 Å². The van der Waals surface area contributed by atoms with E-state index in [1.165, 1.54) is 18.5 Å². The number of aromatic nitrogens is 1. The van der Waals surface area contributed by atoms with Gasteiger partial charge in [0.2, 0.25) is 0 Å². The van der Waals surface area contributed by atoms with Gasteiger partial charge >= 0.3 is 5.97 Å². The first-order valence-corrected chi connectivity index (χ1v) is 6.52. The second-order valence-electron chi connectivity index (χ2n) is 5.04. The van der Waals surface area contributed by atoms with Crippen LogP contribution < -0.4 is 0 Å². The van der Waals surface area contributed by atoms with Crippen molar-refractivity contribution in [2.75, 3.05) is 13.6 Å². The Morgan fingerprint density at radius 1 is 1.45 bits per heavy atom. The largest absolute Gasteiger partial charge is 0.478 e. The molecular weight excluding hydrogens is 256 g/mol. The molecule has 0 spiro atoms. The lowest BCUT2D eigenvalue weighted by Crippen LogP contribution is -2.29. The third-order valence-electron chi connectivity index (χ3n) is 2.88. The van der Waals surface area contributed by atoms with Crippen LogP contribution in [-0.2, 0) is 4.79 Å². The lowest BCUT2D eigenvalue weighted by Gasteiger charge is -2.19. The molecule has 108 valence electrons. The number of rotatable bonds is 6. The van der Waals surface area contributed by atoms with Gasteiger partial charge in [0.1, 0.15) is 0 Å². The molecule has 0 atom stereocenters. The van der Waals surface area contributed by atoms with Crippen molar-refractivity contribution in [1.82, 2.24) is 9.88 Å². The maximum Gasteiger partial charge on any atom is 0.328 e. The minimum Gasteiger partial charge on any atom is -0.478 e. The van der Waals surface area contributed by atoms with Crippen LogP contribution in [0.15, 0.2) is 24.5 Å². The quantitative estimate of drug-likeness (QED) is 0.809. The Hall–Kier alpha value is -2.17. The fraction of sp³-hybridized carbons (Fsp3) is 0.400. The molecule has 1 aromatic heterocycles. The van der Waals surface area contributed by atoms with Gasteiger partial charge in [-0.3, -0.25) is 9.78 Å². The molecule has 5 heteroatoms. The Morgan fingerprint density at radius 3 is 2.75 bits per heavy atom. The van der Waals surface area contributed by atoms with Gasteiger partial charge in [-0.15, -0.1) is 0 Å². The smallest absolute Gasteiger partial charge is 0.328 e. The van der Waals surface area contributed by atoms with Crippen LogP contribution >= 0.6 is 0 Å². The summed E-state index contributed by atoms with van der Waals surface area (Å²) in [7, 11) is 1.75. The van der Waals surface area contributed by atoms with Crippen molar-refractivity contribution in [3.63, 3.8) is 0 Å². The SMILES string of the molecule is CC(C)CCN(C)C(=O)c1ccncc1C=CC(=O)O.